The van der Waals surface area contributed by atoms with Gasteiger partial charge in [-0.05, 0) is 72.6 Å². The third kappa shape index (κ3) is 3.25. The number of nitrogen functional groups attached to an aromatic ring is 1. The lowest BCUT2D eigenvalue weighted by Crippen LogP contribution is -2.52. The number of anilines is 1. The molecule has 174 valence electrons. The number of amides is 1. The molecule has 7 nitrogen and oxygen atoms in total. The van der Waals surface area contributed by atoms with Gasteiger partial charge in [-0.25, -0.2) is 4.99 Å². The number of carbonyl (C=O) groups is 1. The molecule has 1 aliphatic heterocycles. The first-order valence-corrected chi connectivity index (χ1v) is 11.6. The number of carbonyl (C=O) groups excluding carboxylic acids is 1. The van der Waals surface area contributed by atoms with Gasteiger partial charge in [0.25, 0.3) is 5.91 Å². The molecule has 1 fully saturated rings. The summed E-state index contributed by atoms with van der Waals surface area (Å²) in [6.45, 7) is 0.806. The summed E-state index contributed by atoms with van der Waals surface area (Å²) in [5.41, 5.74) is 16.0. The van der Waals surface area contributed by atoms with Gasteiger partial charge in [0.2, 0.25) is 0 Å². The third-order valence-corrected chi connectivity index (χ3v) is 7.87. The van der Waals surface area contributed by atoms with Gasteiger partial charge >= 0.3 is 0 Å². The Morgan fingerprint density at radius 3 is 2.55 bits per heavy atom. The maximum atomic E-state index is 14.2. The summed E-state index contributed by atoms with van der Waals surface area (Å²) >= 11 is 0. The van der Waals surface area contributed by atoms with Crippen LogP contribution in [0.3, 0.4) is 0 Å². The van der Waals surface area contributed by atoms with Crippen molar-refractivity contribution in [2.45, 2.75) is 43.7 Å². The predicted octanol–water partition coefficient (Wildman–Crippen LogP) is 3.07. The summed E-state index contributed by atoms with van der Waals surface area (Å²) in [5.74, 6) is 0.254. The minimum atomic E-state index is -1.00. The van der Waals surface area contributed by atoms with Crippen molar-refractivity contribution in [3.05, 3.63) is 53.6 Å². The molecule has 1 amide bonds. The quantitative estimate of drug-likeness (QED) is 0.685. The number of guanidine groups is 1. The van der Waals surface area contributed by atoms with Gasteiger partial charge in [-0.1, -0.05) is 24.3 Å². The number of nitrogens with zero attached hydrogens (tertiary/aromatic N) is 2. The Morgan fingerprint density at radius 1 is 1.09 bits per heavy atom. The van der Waals surface area contributed by atoms with E-state index in [4.69, 9.17) is 25.9 Å². The average molecular weight is 449 g/mol. The number of rotatable bonds is 5. The highest BCUT2D eigenvalue weighted by atomic mass is 16.5. The topological polar surface area (TPSA) is 103 Å². The molecule has 5 rings (SSSR count). The Bertz CT molecular complexity index is 1110. The van der Waals surface area contributed by atoms with E-state index in [1.807, 2.05) is 24.3 Å². The number of aliphatic imine (C=N–C) groups is 1. The van der Waals surface area contributed by atoms with Crippen LogP contribution in [0.1, 0.15) is 36.8 Å². The molecule has 3 aliphatic rings. The van der Waals surface area contributed by atoms with Gasteiger partial charge in [0, 0.05) is 25.3 Å². The van der Waals surface area contributed by atoms with Crippen molar-refractivity contribution in [1.29, 1.82) is 0 Å². The molecule has 2 aromatic rings. The van der Waals surface area contributed by atoms with E-state index in [0.29, 0.717) is 18.8 Å². The van der Waals surface area contributed by atoms with E-state index >= 15 is 0 Å². The molecule has 1 atom stereocenters. The Kier molecular flexibility index (Phi) is 5.41. The zero-order valence-electron chi connectivity index (χ0n) is 19.3. The number of ether oxygens (including phenoxy) is 2. The molecule has 2 aromatic carbocycles. The molecule has 33 heavy (non-hydrogen) atoms. The summed E-state index contributed by atoms with van der Waals surface area (Å²) in [7, 11) is 3.39. The monoisotopic (exact) mass is 448 g/mol. The van der Waals surface area contributed by atoms with E-state index in [2.05, 4.69) is 18.2 Å². The number of fused-ring (bicyclic) bond motifs is 3. The SMILES string of the molecule is COCCN1C(=O)C2(N=C1N)c1cc(-c3cccc(N)c3)ccc1CC21CCC(OC)CC1. The van der Waals surface area contributed by atoms with Crippen molar-refractivity contribution in [2.24, 2.45) is 16.1 Å². The molecule has 2 spiro atoms. The summed E-state index contributed by atoms with van der Waals surface area (Å²) in [6, 6.07) is 14.2. The van der Waals surface area contributed by atoms with Gasteiger partial charge in [-0.3, -0.25) is 9.69 Å². The number of hydrogen-bond acceptors (Lipinski definition) is 6. The maximum Gasteiger partial charge on any atom is 0.262 e. The fourth-order valence-corrected chi connectivity index (χ4v) is 6.16. The minimum Gasteiger partial charge on any atom is -0.399 e. The van der Waals surface area contributed by atoms with Gasteiger partial charge in [-0.15, -0.1) is 0 Å². The van der Waals surface area contributed by atoms with Crippen molar-refractivity contribution in [3.8, 4) is 11.1 Å². The average Bonchev–Trinajstić information content (AvgIpc) is 3.23. The largest absolute Gasteiger partial charge is 0.399 e. The standard InChI is InChI=1S/C26H32N4O3/c1-32-13-12-30-23(31)26(29-24(30)28)22-15-18(17-4-3-5-20(27)14-17)6-7-19(22)16-25(26)10-8-21(33-2)9-11-25/h3-7,14-15,21H,8-13,16,27H2,1-2H3,(H2,28,29). The Morgan fingerprint density at radius 2 is 1.85 bits per heavy atom. The summed E-state index contributed by atoms with van der Waals surface area (Å²) in [5, 5.41) is 0. The van der Waals surface area contributed by atoms with Crippen molar-refractivity contribution >= 4 is 17.6 Å². The van der Waals surface area contributed by atoms with Crippen LogP contribution in [0.15, 0.2) is 47.5 Å². The second kappa shape index (κ2) is 8.15. The van der Waals surface area contributed by atoms with Crippen LogP contribution in [-0.2, 0) is 26.2 Å². The van der Waals surface area contributed by atoms with Gasteiger partial charge in [0.1, 0.15) is 0 Å². The van der Waals surface area contributed by atoms with Gasteiger partial charge in [0.15, 0.2) is 11.5 Å². The zero-order valence-corrected chi connectivity index (χ0v) is 19.3. The van der Waals surface area contributed by atoms with Crippen LogP contribution in [0, 0.1) is 5.41 Å². The molecule has 0 radical (unpaired) electrons. The zero-order chi connectivity index (χ0) is 23.2. The number of methoxy groups -OCH3 is 2. The van der Waals surface area contributed by atoms with Crippen molar-refractivity contribution in [1.82, 2.24) is 4.90 Å². The molecule has 2 aliphatic carbocycles. The highest BCUT2D eigenvalue weighted by Gasteiger charge is 2.66. The summed E-state index contributed by atoms with van der Waals surface area (Å²) in [6.07, 6.45) is 4.60. The molecule has 4 N–H and O–H groups in total. The van der Waals surface area contributed by atoms with Crippen LogP contribution in [-0.4, -0.2) is 50.2 Å². The van der Waals surface area contributed by atoms with E-state index in [9.17, 15) is 4.79 Å². The molecule has 7 heteroatoms. The Labute approximate surface area is 194 Å². The van der Waals surface area contributed by atoms with Crippen LogP contribution in [0.2, 0.25) is 0 Å². The molecular formula is C26H32N4O3. The van der Waals surface area contributed by atoms with Gasteiger partial charge in [-0.2, -0.15) is 0 Å². The number of hydrogen-bond donors (Lipinski definition) is 2. The molecule has 1 unspecified atom stereocenters. The fraction of sp³-hybridized carbons (Fsp3) is 0.462. The first kappa shape index (κ1) is 21.9. The van der Waals surface area contributed by atoms with E-state index < -0.39 is 5.54 Å². The highest BCUT2D eigenvalue weighted by molar-refractivity contribution is 6.08. The second-order valence-corrected chi connectivity index (χ2v) is 9.52. The summed E-state index contributed by atoms with van der Waals surface area (Å²) in [4.78, 5) is 20.8. The first-order chi connectivity index (χ1) is 15.9. The lowest BCUT2D eigenvalue weighted by molar-refractivity contribution is -0.138. The minimum absolute atomic E-state index is 0.0311. The normalized spacial score (nSPS) is 28.5. The van der Waals surface area contributed by atoms with E-state index in [1.54, 1.807) is 19.1 Å². The molecule has 0 bridgehead atoms. The third-order valence-electron chi connectivity index (χ3n) is 7.87. The molecule has 1 saturated carbocycles. The van der Waals surface area contributed by atoms with Crippen LogP contribution in [0.25, 0.3) is 11.1 Å². The molecule has 1 heterocycles. The fourth-order valence-electron chi connectivity index (χ4n) is 6.16. The van der Waals surface area contributed by atoms with E-state index in [0.717, 1.165) is 48.8 Å². The van der Waals surface area contributed by atoms with Crippen LogP contribution < -0.4 is 11.5 Å². The molecule has 0 saturated heterocycles. The van der Waals surface area contributed by atoms with Crippen LogP contribution in [0.5, 0.6) is 0 Å². The van der Waals surface area contributed by atoms with Crippen molar-refractivity contribution < 1.29 is 14.3 Å². The highest BCUT2D eigenvalue weighted by Crippen LogP contribution is 2.62. The molecule has 0 aromatic heterocycles. The Hall–Kier alpha value is -2.90. The van der Waals surface area contributed by atoms with Crippen molar-refractivity contribution in [2.75, 3.05) is 33.1 Å². The van der Waals surface area contributed by atoms with Crippen LogP contribution in [0.4, 0.5) is 5.69 Å². The van der Waals surface area contributed by atoms with Crippen LogP contribution >= 0.6 is 0 Å². The number of nitrogens with two attached hydrogens (primary N) is 2. The second-order valence-electron chi connectivity index (χ2n) is 9.52. The molecular weight excluding hydrogens is 416 g/mol. The summed E-state index contributed by atoms with van der Waals surface area (Å²) < 4.78 is 10.9. The first-order valence-electron chi connectivity index (χ1n) is 11.6. The van der Waals surface area contributed by atoms with Gasteiger partial charge < -0.3 is 20.9 Å². The predicted molar refractivity (Wildman–Crippen MR) is 129 cm³/mol. The van der Waals surface area contributed by atoms with E-state index in [1.165, 1.54) is 5.56 Å². The Balaban J connectivity index is 1.64. The maximum absolute atomic E-state index is 14.2. The van der Waals surface area contributed by atoms with Crippen molar-refractivity contribution in [3.63, 3.8) is 0 Å². The smallest absolute Gasteiger partial charge is 0.262 e. The lowest BCUT2D eigenvalue weighted by Gasteiger charge is -2.45. The number of benzene rings is 2. The lowest BCUT2D eigenvalue weighted by atomic mass is 9.61. The van der Waals surface area contributed by atoms with E-state index in [-0.39, 0.29) is 23.4 Å². The van der Waals surface area contributed by atoms with Gasteiger partial charge in [0.05, 0.1) is 19.3 Å².